The van der Waals surface area contributed by atoms with Crippen molar-refractivity contribution < 1.29 is 5.11 Å². The molecule has 2 heterocycles. The van der Waals surface area contributed by atoms with Crippen molar-refractivity contribution in [3.8, 4) is 5.75 Å². The van der Waals surface area contributed by atoms with Gasteiger partial charge in [-0.05, 0) is 6.07 Å². The van der Waals surface area contributed by atoms with Gasteiger partial charge in [-0.2, -0.15) is 0 Å². The highest BCUT2D eigenvalue weighted by atomic mass is 16.3. The molecule has 2 aromatic rings. The molecule has 1 N–H and O–H groups in total. The van der Waals surface area contributed by atoms with E-state index in [9.17, 15) is 0 Å². The van der Waals surface area contributed by atoms with E-state index < -0.39 is 0 Å². The summed E-state index contributed by atoms with van der Waals surface area (Å²) in [5, 5.41) is 9.00. The molecule has 2 rings (SSSR count). The van der Waals surface area contributed by atoms with Gasteiger partial charge in [0.2, 0.25) is 0 Å². The van der Waals surface area contributed by atoms with Crippen molar-refractivity contribution in [2.75, 3.05) is 0 Å². The maximum Gasteiger partial charge on any atom is 0.140 e. The van der Waals surface area contributed by atoms with Gasteiger partial charge in [0.05, 0.1) is 0 Å². The molecule has 2 aromatic heterocycles. The molecule has 0 bridgehead atoms. The van der Waals surface area contributed by atoms with Crippen LogP contribution in [-0.2, 0) is 0 Å². The number of pyridine rings is 1. The number of rotatable bonds is 0. The fraction of sp³-hybridized carbons (Fsp3) is 0. The molecule has 0 saturated carbocycles. The highest BCUT2D eigenvalue weighted by Gasteiger charge is 1.92. The SMILES string of the molecule is Oc1ccn2ccnc2c1. The van der Waals surface area contributed by atoms with E-state index in [4.69, 9.17) is 5.11 Å². The first-order valence-corrected chi connectivity index (χ1v) is 2.98. The predicted octanol–water partition coefficient (Wildman–Crippen LogP) is 1.04. The summed E-state index contributed by atoms with van der Waals surface area (Å²) in [5.41, 5.74) is 0.764. The van der Waals surface area contributed by atoms with Crippen LogP contribution < -0.4 is 0 Å². The Kier molecular flexibility index (Phi) is 0.917. The minimum Gasteiger partial charge on any atom is -0.508 e. The van der Waals surface area contributed by atoms with Gasteiger partial charge in [0.25, 0.3) is 0 Å². The monoisotopic (exact) mass is 134 g/mol. The van der Waals surface area contributed by atoms with Crippen LogP contribution in [0.1, 0.15) is 0 Å². The van der Waals surface area contributed by atoms with Crippen LogP contribution in [0, 0.1) is 0 Å². The lowest BCUT2D eigenvalue weighted by molar-refractivity contribution is 0.475. The third-order valence-electron chi connectivity index (χ3n) is 1.38. The van der Waals surface area contributed by atoms with E-state index in [0.29, 0.717) is 0 Å². The average molecular weight is 134 g/mol. The molecule has 0 atom stereocenters. The molecular weight excluding hydrogens is 128 g/mol. The Bertz CT molecular complexity index is 353. The summed E-state index contributed by atoms with van der Waals surface area (Å²) in [6, 6.07) is 3.23. The summed E-state index contributed by atoms with van der Waals surface area (Å²) in [5.74, 6) is 0.249. The summed E-state index contributed by atoms with van der Waals surface area (Å²) in [6.07, 6.45) is 5.28. The van der Waals surface area contributed by atoms with E-state index in [-0.39, 0.29) is 5.75 Å². The zero-order chi connectivity index (χ0) is 6.97. The molecule has 0 spiro atoms. The standard InChI is InChI=1S/C7H6N2O/c10-6-1-3-9-4-2-8-7(9)5-6/h1-5,10H. The van der Waals surface area contributed by atoms with Gasteiger partial charge in [-0.1, -0.05) is 0 Å². The minimum absolute atomic E-state index is 0.249. The number of hydrogen-bond donors (Lipinski definition) is 1. The second-order valence-electron chi connectivity index (χ2n) is 2.08. The third kappa shape index (κ3) is 0.639. The Morgan fingerprint density at radius 3 is 3.20 bits per heavy atom. The second kappa shape index (κ2) is 1.73. The number of nitrogens with zero attached hydrogens (tertiary/aromatic N) is 2. The van der Waals surface area contributed by atoms with Crippen LogP contribution in [0.3, 0.4) is 0 Å². The third-order valence-corrected chi connectivity index (χ3v) is 1.38. The Hall–Kier alpha value is -1.51. The van der Waals surface area contributed by atoms with Gasteiger partial charge in [0.1, 0.15) is 11.4 Å². The predicted molar refractivity (Wildman–Crippen MR) is 36.9 cm³/mol. The van der Waals surface area contributed by atoms with Gasteiger partial charge >= 0.3 is 0 Å². The summed E-state index contributed by atoms with van der Waals surface area (Å²) < 4.78 is 1.83. The number of fused-ring (bicyclic) bond motifs is 1. The lowest BCUT2D eigenvalue weighted by atomic mass is 10.4. The van der Waals surface area contributed by atoms with Crippen molar-refractivity contribution >= 4 is 5.65 Å². The average Bonchev–Trinajstić information content (AvgIpc) is 2.33. The summed E-state index contributed by atoms with van der Waals surface area (Å²) in [4.78, 5) is 3.98. The van der Waals surface area contributed by atoms with Crippen molar-refractivity contribution in [2.45, 2.75) is 0 Å². The van der Waals surface area contributed by atoms with E-state index in [1.165, 1.54) is 0 Å². The zero-order valence-electron chi connectivity index (χ0n) is 5.23. The van der Waals surface area contributed by atoms with E-state index in [1.807, 2.05) is 10.6 Å². The summed E-state index contributed by atoms with van der Waals surface area (Å²) >= 11 is 0. The molecule has 3 nitrogen and oxygen atoms in total. The molecule has 0 aliphatic carbocycles. The fourth-order valence-electron chi connectivity index (χ4n) is 0.899. The van der Waals surface area contributed by atoms with Crippen molar-refractivity contribution in [1.29, 1.82) is 0 Å². The Morgan fingerprint density at radius 1 is 1.40 bits per heavy atom. The summed E-state index contributed by atoms with van der Waals surface area (Å²) in [6.45, 7) is 0. The van der Waals surface area contributed by atoms with E-state index >= 15 is 0 Å². The van der Waals surface area contributed by atoms with Gasteiger partial charge < -0.3 is 9.51 Å². The van der Waals surface area contributed by atoms with Gasteiger partial charge in [0.15, 0.2) is 0 Å². The number of aromatic nitrogens is 2. The molecule has 3 heteroatoms. The molecular formula is C7H6N2O. The Morgan fingerprint density at radius 2 is 2.30 bits per heavy atom. The first kappa shape index (κ1) is 5.29. The molecule has 0 fully saturated rings. The maximum absolute atomic E-state index is 9.00. The van der Waals surface area contributed by atoms with Crippen molar-refractivity contribution in [3.05, 3.63) is 30.7 Å². The highest BCUT2D eigenvalue weighted by molar-refractivity contribution is 5.43. The van der Waals surface area contributed by atoms with Crippen LogP contribution >= 0.6 is 0 Å². The largest absolute Gasteiger partial charge is 0.508 e. The van der Waals surface area contributed by atoms with Crippen LogP contribution in [0.5, 0.6) is 5.75 Å². The van der Waals surface area contributed by atoms with Gasteiger partial charge in [0, 0.05) is 24.7 Å². The number of imidazole rings is 1. The van der Waals surface area contributed by atoms with Crippen LogP contribution in [0.2, 0.25) is 0 Å². The van der Waals surface area contributed by atoms with Crippen molar-refractivity contribution in [1.82, 2.24) is 9.38 Å². The molecule has 0 radical (unpaired) electrons. The number of aromatic hydroxyl groups is 1. The van der Waals surface area contributed by atoms with E-state index in [0.717, 1.165) is 5.65 Å². The Balaban J connectivity index is 2.86. The normalized spacial score (nSPS) is 10.4. The van der Waals surface area contributed by atoms with E-state index in [1.54, 1.807) is 24.5 Å². The van der Waals surface area contributed by atoms with Crippen LogP contribution in [0.25, 0.3) is 5.65 Å². The summed E-state index contributed by atoms with van der Waals surface area (Å²) in [7, 11) is 0. The van der Waals surface area contributed by atoms with Gasteiger partial charge in [-0.15, -0.1) is 0 Å². The highest BCUT2D eigenvalue weighted by Crippen LogP contribution is 2.09. The first-order chi connectivity index (χ1) is 4.86. The molecule has 0 aliphatic heterocycles. The zero-order valence-corrected chi connectivity index (χ0v) is 5.23. The Labute approximate surface area is 57.6 Å². The quantitative estimate of drug-likeness (QED) is 0.584. The number of hydrogen-bond acceptors (Lipinski definition) is 2. The fourth-order valence-corrected chi connectivity index (χ4v) is 0.899. The lowest BCUT2D eigenvalue weighted by Gasteiger charge is -1.91. The van der Waals surface area contributed by atoms with Gasteiger partial charge in [-0.3, -0.25) is 0 Å². The molecule has 0 aliphatic rings. The minimum atomic E-state index is 0.249. The van der Waals surface area contributed by atoms with Crippen molar-refractivity contribution in [3.63, 3.8) is 0 Å². The van der Waals surface area contributed by atoms with Crippen LogP contribution in [-0.4, -0.2) is 14.5 Å². The van der Waals surface area contributed by atoms with Crippen molar-refractivity contribution in [2.24, 2.45) is 0 Å². The second-order valence-corrected chi connectivity index (χ2v) is 2.08. The topological polar surface area (TPSA) is 37.5 Å². The van der Waals surface area contributed by atoms with Crippen LogP contribution in [0.15, 0.2) is 30.7 Å². The van der Waals surface area contributed by atoms with Crippen LogP contribution in [0.4, 0.5) is 0 Å². The van der Waals surface area contributed by atoms with E-state index in [2.05, 4.69) is 4.98 Å². The first-order valence-electron chi connectivity index (χ1n) is 2.98. The lowest BCUT2D eigenvalue weighted by Crippen LogP contribution is -1.79. The maximum atomic E-state index is 9.00. The molecule has 50 valence electrons. The molecule has 0 aromatic carbocycles. The molecule has 0 amide bonds. The molecule has 10 heavy (non-hydrogen) atoms. The molecule has 0 unspecified atom stereocenters. The smallest absolute Gasteiger partial charge is 0.140 e. The van der Waals surface area contributed by atoms with Gasteiger partial charge in [-0.25, -0.2) is 4.98 Å². The molecule has 0 saturated heterocycles.